The Balaban J connectivity index is 0.000000116. The fourth-order valence-electron chi connectivity index (χ4n) is 15.0. The summed E-state index contributed by atoms with van der Waals surface area (Å²) in [5.41, 5.74) is 36.7. The number of aliphatic hydroxyl groups excluding tert-OH is 1. The van der Waals surface area contributed by atoms with E-state index in [9.17, 15) is 5.11 Å². The molecule has 117 heavy (non-hydrogen) atoms. The topological polar surface area (TPSA) is 400 Å². The number of aliphatic hydroxyl groups is 1. The number of imidazole rings is 1. The number of halogens is 5. The molecule has 2 aromatic carbocycles. The lowest BCUT2D eigenvalue weighted by Gasteiger charge is -2.36. The summed E-state index contributed by atoms with van der Waals surface area (Å²) in [4.78, 5) is 50.8. The quantitative estimate of drug-likeness (QED) is 0.0405. The number of anilines is 8. The minimum Gasteiger partial charge on any atom is -0.396 e. The van der Waals surface area contributed by atoms with Gasteiger partial charge in [0.05, 0.1) is 70.1 Å². The minimum absolute atomic E-state index is 0.183. The second-order valence-corrected chi connectivity index (χ2v) is 33.7. The van der Waals surface area contributed by atoms with Gasteiger partial charge in [0, 0.05) is 141 Å². The van der Waals surface area contributed by atoms with Crippen LogP contribution < -0.4 is 54.0 Å². The first kappa shape index (κ1) is 82.0. The van der Waals surface area contributed by atoms with Gasteiger partial charge in [-0.1, -0.05) is 42.5 Å². The molecule has 0 amide bonds. The van der Waals surface area contributed by atoms with Crippen LogP contribution in [0.3, 0.4) is 0 Å². The number of aryl methyl sites for hydroxylation is 1. The standard InChI is InChI=1S/C21H17BrN6.C18H23BrN8O.C18H22BrN7.C12H16BrN5.C11H14BrN5/c1-13-25-17-8-7-14(9-19(17)26-13)11-23-20-10-18(15-5-3-2-4-6-15)27-21-16(22)12-24-28(20)21;19-14-11-24-27-15(21-8-12-9-22-18(20)23-10-12)7-16(25-17(14)27)26-5-2-1-3-13(26)4-6-28;19-15-12-23-26-16(22-11-14-2-1-5-21-10-14)8-17(24-18(15)26)25-6-3-13(9-20)4-7-25;1-17-4-2-8(3-5-17)10-6-11(14)18-12(16-10)9(13)7-15-18;12-8-6-15-17-10(13)5-9(16-11(8)17)7-1-3-14-4-2-7/h2-10,12,23H,11H2,1H3,(H,25,26);7,9-11,13,21,28H,1-6,8H2,(H2,20,22,23);1-2,5,8,10,12-13,22H,3-4,6-7,9,11,20H2;6-8H,2-5,14H2,1H3;5-7,14H,1-4,13H2/t;13-;;;/m.0.../s1. The highest BCUT2D eigenvalue weighted by Gasteiger charge is 2.28. The van der Waals surface area contributed by atoms with E-state index < -0.39 is 0 Å². The Kier molecular flexibility index (Phi) is 26.7. The predicted molar refractivity (Wildman–Crippen MR) is 476 cm³/mol. The van der Waals surface area contributed by atoms with Crippen molar-refractivity contribution in [2.75, 3.05) is 109 Å². The van der Waals surface area contributed by atoms with E-state index in [0.717, 1.165) is 246 Å². The summed E-state index contributed by atoms with van der Waals surface area (Å²) in [7, 11) is 2.16. The average molecular weight is 1900 g/mol. The summed E-state index contributed by atoms with van der Waals surface area (Å²) in [6, 6.07) is 30.7. The molecule has 17 heterocycles. The fraction of sp³-hybridized carbons (Fsp3) is 0.350. The molecule has 4 aliphatic heterocycles. The molecule has 1 atom stereocenters. The molecule has 13 aromatic heterocycles. The van der Waals surface area contributed by atoms with Gasteiger partial charge in [0.1, 0.15) is 46.5 Å². The van der Waals surface area contributed by atoms with Gasteiger partial charge >= 0.3 is 0 Å². The highest BCUT2D eigenvalue weighted by atomic mass is 79.9. The lowest BCUT2D eigenvalue weighted by molar-refractivity contribution is 0.253. The van der Waals surface area contributed by atoms with Crippen molar-refractivity contribution in [2.24, 2.45) is 11.7 Å². The average Bonchev–Trinajstić information content (AvgIpc) is 1.73. The van der Waals surface area contributed by atoms with Gasteiger partial charge in [-0.15, -0.1) is 0 Å². The molecule has 4 fully saturated rings. The number of hydrogen-bond acceptors (Lipinski definition) is 26. The molecular weight excluding hydrogens is 1810 g/mol. The Labute approximate surface area is 716 Å². The number of nitrogens with one attached hydrogen (secondary N) is 5. The van der Waals surface area contributed by atoms with Gasteiger partial charge in [0.15, 0.2) is 28.2 Å². The second-order valence-electron chi connectivity index (χ2n) is 29.4. The highest BCUT2D eigenvalue weighted by molar-refractivity contribution is 9.11. The zero-order chi connectivity index (χ0) is 81.1. The number of nitrogens with zero attached hydrogens (tertiary/aromatic N) is 22. The van der Waals surface area contributed by atoms with Crippen molar-refractivity contribution in [1.82, 2.24) is 108 Å². The van der Waals surface area contributed by atoms with Gasteiger partial charge < -0.3 is 69.0 Å². The molecule has 0 bridgehead atoms. The van der Waals surface area contributed by atoms with Crippen LogP contribution in [0.15, 0.2) is 169 Å². The van der Waals surface area contributed by atoms with E-state index in [2.05, 4.69) is 214 Å². The maximum Gasteiger partial charge on any atom is 0.219 e. The Morgan fingerprint density at radius 3 is 1.62 bits per heavy atom. The molecule has 608 valence electrons. The van der Waals surface area contributed by atoms with E-state index in [1.54, 1.807) is 63.1 Å². The molecule has 19 rings (SSSR count). The molecule has 0 aliphatic carbocycles. The van der Waals surface area contributed by atoms with Crippen LogP contribution in [0.5, 0.6) is 0 Å². The molecule has 15 aromatic rings. The van der Waals surface area contributed by atoms with Crippen LogP contribution in [-0.2, 0) is 19.6 Å². The van der Waals surface area contributed by atoms with Crippen LogP contribution in [0.4, 0.5) is 46.7 Å². The second kappa shape index (κ2) is 38.1. The Hall–Kier alpha value is -10.1. The van der Waals surface area contributed by atoms with Gasteiger partial charge in [0.25, 0.3) is 0 Å². The third kappa shape index (κ3) is 19.7. The number of pyridine rings is 1. The number of H-pyrrole nitrogens is 1. The number of fused-ring (bicyclic) bond motifs is 6. The molecule has 4 aliphatic rings. The third-order valence-corrected chi connectivity index (χ3v) is 24.2. The minimum atomic E-state index is 0.183. The predicted octanol–water partition coefficient (Wildman–Crippen LogP) is 13.3. The van der Waals surface area contributed by atoms with E-state index >= 15 is 0 Å². The Bertz CT molecular complexity index is 5830. The van der Waals surface area contributed by atoms with E-state index in [1.165, 1.54) is 6.42 Å². The zero-order valence-electron chi connectivity index (χ0n) is 64.7. The highest BCUT2D eigenvalue weighted by Crippen LogP contribution is 2.35. The summed E-state index contributed by atoms with van der Waals surface area (Å²) in [5, 5.41) is 44.9. The third-order valence-electron chi connectivity index (χ3n) is 21.4. The van der Waals surface area contributed by atoms with Crippen LogP contribution in [0.2, 0.25) is 0 Å². The first-order chi connectivity index (χ1) is 57.0. The molecule has 32 nitrogen and oxygen atoms in total. The van der Waals surface area contributed by atoms with E-state index in [0.29, 0.717) is 55.1 Å². The molecule has 0 saturated carbocycles. The van der Waals surface area contributed by atoms with Crippen molar-refractivity contribution in [3.63, 3.8) is 0 Å². The summed E-state index contributed by atoms with van der Waals surface area (Å²) in [6.45, 7) is 12.1. The van der Waals surface area contributed by atoms with Crippen LogP contribution >= 0.6 is 79.6 Å². The zero-order valence-corrected chi connectivity index (χ0v) is 72.6. The van der Waals surface area contributed by atoms with E-state index in [4.69, 9.17) is 42.9 Å². The number of aromatic nitrogens is 20. The Morgan fingerprint density at radius 1 is 0.504 bits per heavy atom. The van der Waals surface area contributed by atoms with Gasteiger partial charge in [0.2, 0.25) is 5.95 Å². The van der Waals surface area contributed by atoms with Crippen molar-refractivity contribution in [2.45, 2.75) is 109 Å². The van der Waals surface area contributed by atoms with Crippen molar-refractivity contribution in [1.29, 1.82) is 0 Å². The van der Waals surface area contributed by atoms with Crippen molar-refractivity contribution in [3.8, 4) is 11.3 Å². The lowest BCUT2D eigenvalue weighted by atomic mass is 9.93. The van der Waals surface area contributed by atoms with Crippen molar-refractivity contribution >= 4 is 166 Å². The number of nitrogen functional groups attached to an aromatic ring is 3. The van der Waals surface area contributed by atoms with Crippen LogP contribution in [0.25, 0.3) is 50.5 Å². The first-order valence-electron chi connectivity index (χ1n) is 39.1. The number of nitrogens with two attached hydrogens (primary N) is 4. The summed E-state index contributed by atoms with van der Waals surface area (Å²) in [6.07, 6.45) is 26.7. The first-order valence-corrected chi connectivity index (χ1v) is 43.1. The molecule has 14 N–H and O–H groups in total. The smallest absolute Gasteiger partial charge is 0.219 e. The van der Waals surface area contributed by atoms with Crippen molar-refractivity contribution < 1.29 is 5.11 Å². The number of benzene rings is 2. The van der Waals surface area contributed by atoms with E-state index in [-0.39, 0.29) is 12.6 Å². The number of hydrogen-bond donors (Lipinski definition) is 10. The SMILES string of the molecule is CN1CCC(c2cc(N)n3ncc(Br)c3n2)CC1.Cc1nc2ccc(CNc3cc(-c4ccccc4)nc4c(Br)cnn34)cc2[nH]1.NCC1CCN(c2cc(NCc3cccnc3)n3ncc(Br)c3n2)CC1.Nc1cc(C2CCNCC2)nc2c(Br)cnn12.Nc1ncc(CNc2cc(N3CCCC[C@H]3CCO)nc3c(Br)cnn23)cn1. The van der Waals surface area contributed by atoms with Crippen LogP contribution in [0, 0.1) is 12.8 Å². The Morgan fingerprint density at radius 2 is 1.04 bits per heavy atom. The monoisotopic (exact) mass is 1900 g/mol. The van der Waals surface area contributed by atoms with E-state index in [1.807, 2.05) is 76.7 Å². The van der Waals surface area contributed by atoms with Crippen molar-refractivity contribution in [3.05, 3.63) is 203 Å². The molecule has 0 radical (unpaired) electrons. The summed E-state index contributed by atoms with van der Waals surface area (Å²) in [5.74, 6) is 8.62. The van der Waals surface area contributed by atoms with Gasteiger partial charge in [-0.2, -0.15) is 48.1 Å². The number of aromatic amines is 1. The van der Waals surface area contributed by atoms with Gasteiger partial charge in [-0.05, 0) is 226 Å². The van der Waals surface area contributed by atoms with Crippen LogP contribution in [0.1, 0.15) is 110 Å². The molecular formula is C80H92Br5N31O. The normalized spacial score (nSPS) is 15.7. The summed E-state index contributed by atoms with van der Waals surface area (Å²) >= 11 is 17.6. The number of rotatable bonds is 17. The fourth-order valence-corrected chi connectivity index (χ4v) is 16.7. The lowest BCUT2D eigenvalue weighted by Crippen LogP contribution is -2.40. The molecule has 0 unspecified atom stereocenters. The summed E-state index contributed by atoms with van der Waals surface area (Å²) < 4.78 is 13.1. The van der Waals surface area contributed by atoms with Gasteiger partial charge in [-0.3, -0.25) is 4.98 Å². The molecule has 0 spiro atoms. The molecule has 4 saturated heterocycles. The maximum absolute atomic E-state index is 9.45. The van der Waals surface area contributed by atoms with Gasteiger partial charge in [-0.25, -0.2) is 39.9 Å². The van der Waals surface area contributed by atoms with Crippen LogP contribution in [-0.4, -0.2) is 180 Å². The number of likely N-dealkylation sites (tertiary alicyclic amines) is 1. The number of piperidine rings is 4. The maximum atomic E-state index is 9.45. The largest absolute Gasteiger partial charge is 0.396 e. The molecule has 37 heteroatoms.